The Morgan fingerprint density at radius 1 is 1.40 bits per heavy atom. The van der Waals surface area contributed by atoms with Crippen LogP contribution >= 0.6 is 23.2 Å². The predicted octanol–water partition coefficient (Wildman–Crippen LogP) is 2.78. The molecule has 0 bridgehead atoms. The smallest absolute Gasteiger partial charge is 0.237 e. The number of hydrogen-bond donors (Lipinski definition) is 2. The van der Waals surface area contributed by atoms with Crippen LogP contribution in [0.15, 0.2) is 18.2 Å². The minimum atomic E-state index is -0.534. The van der Waals surface area contributed by atoms with E-state index >= 15 is 0 Å². The molecule has 0 fully saturated rings. The second-order valence-electron chi connectivity index (χ2n) is 4.91. The van der Waals surface area contributed by atoms with Gasteiger partial charge in [-0.3, -0.25) is 4.79 Å². The van der Waals surface area contributed by atoms with Crippen molar-refractivity contribution in [2.24, 2.45) is 11.7 Å². The summed E-state index contributed by atoms with van der Waals surface area (Å²) in [4.78, 5) is 11.8. The molecule has 0 saturated carbocycles. The van der Waals surface area contributed by atoms with Crippen molar-refractivity contribution in [1.29, 1.82) is 0 Å². The van der Waals surface area contributed by atoms with Gasteiger partial charge >= 0.3 is 0 Å². The molecule has 3 N–H and O–H groups in total. The van der Waals surface area contributed by atoms with E-state index in [0.29, 0.717) is 16.6 Å². The summed E-state index contributed by atoms with van der Waals surface area (Å²) < 4.78 is 5.36. The maximum absolute atomic E-state index is 11.8. The average molecular weight is 319 g/mol. The first-order valence-corrected chi connectivity index (χ1v) is 7.13. The number of hydrogen-bond acceptors (Lipinski definition) is 3. The molecule has 0 heterocycles. The number of ether oxygens (including phenoxy) is 1. The van der Waals surface area contributed by atoms with Crippen molar-refractivity contribution in [3.8, 4) is 0 Å². The van der Waals surface area contributed by atoms with E-state index in [0.717, 1.165) is 5.56 Å². The van der Waals surface area contributed by atoms with Crippen LogP contribution in [0.4, 0.5) is 0 Å². The van der Waals surface area contributed by atoms with E-state index in [4.69, 9.17) is 33.7 Å². The van der Waals surface area contributed by atoms with Gasteiger partial charge in [-0.05, 0) is 18.1 Å². The van der Waals surface area contributed by atoms with Crippen molar-refractivity contribution < 1.29 is 9.53 Å². The van der Waals surface area contributed by atoms with Gasteiger partial charge < -0.3 is 15.8 Å². The topological polar surface area (TPSA) is 64.3 Å². The summed E-state index contributed by atoms with van der Waals surface area (Å²) in [6.07, 6.45) is -0.344. The Hall–Kier alpha value is -0.810. The number of carbonyl (C=O) groups excluding carboxylic acids is 1. The van der Waals surface area contributed by atoms with E-state index in [1.807, 2.05) is 13.8 Å². The Bertz CT molecular complexity index is 466. The molecule has 1 aromatic carbocycles. The molecule has 0 saturated heterocycles. The number of rotatable bonds is 6. The van der Waals surface area contributed by atoms with Crippen molar-refractivity contribution >= 4 is 29.1 Å². The molecule has 0 radical (unpaired) electrons. The average Bonchev–Trinajstić information content (AvgIpc) is 2.39. The lowest BCUT2D eigenvalue weighted by molar-refractivity contribution is -0.123. The normalized spacial score (nSPS) is 14.2. The van der Waals surface area contributed by atoms with Crippen molar-refractivity contribution in [3.05, 3.63) is 33.8 Å². The van der Waals surface area contributed by atoms with Gasteiger partial charge in [0.25, 0.3) is 0 Å². The fraction of sp³-hybridized carbons (Fsp3) is 0.500. The van der Waals surface area contributed by atoms with Gasteiger partial charge in [0.15, 0.2) is 0 Å². The van der Waals surface area contributed by atoms with Crippen molar-refractivity contribution in [3.63, 3.8) is 0 Å². The third-order valence-corrected chi connectivity index (χ3v) is 3.64. The summed E-state index contributed by atoms with van der Waals surface area (Å²) in [7, 11) is 1.56. The zero-order valence-electron chi connectivity index (χ0n) is 11.8. The highest BCUT2D eigenvalue weighted by Crippen LogP contribution is 2.27. The molecule has 0 aliphatic rings. The maximum atomic E-state index is 11.8. The minimum Gasteiger partial charge on any atom is -0.375 e. The molecule has 0 aromatic heterocycles. The molecule has 2 atom stereocenters. The highest BCUT2D eigenvalue weighted by Gasteiger charge is 2.20. The molecule has 1 rings (SSSR count). The minimum absolute atomic E-state index is 0.0788. The molecule has 0 aliphatic heterocycles. The van der Waals surface area contributed by atoms with Crippen LogP contribution in [0.5, 0.6) is 0 Å². The van der Waals surface area contributed by atoms with Crippen LogP contribution in [0, 0.1) is 5.92 Å². The van der Waals surface area contributed by atoms with Crippen LogP contribution in [0.2, 0.25) is 10.0 Å². The zero-order valence-corrected chi connectivity index (χ0v) is 13.3. The fourth-order valence-electron chi connectivity index (χ4n) is 1.70. The summed E-state index contributed by atoms with van der Waals surface area (Å²) in [5, 5.41) is 3.84. The second kappa shape index (κ2) is 7.84. The standard InChI is InChI=1S/C14H20Cl2N2O2/c1-8(2)13(17)14(19)18-7-12(20-3)10-5-4-9(15)6-11(10)16/h4-6,8,12-13H,7,17H2,1-3H3,(H,18,19). The van der Waals surface area contributed by atoms with E-state index in [1.54, 1.807) is 25.3 Å². The predicted molar refractivity (Wildman–Crippen MR) is 82.0 cm³/mol. The zero-order chi connectivity index (χ0) is 15.3. The maximum Gasteiger partial charge on any atom is 0.237 e. The Kier molecular flexibility index (Phi) is 6.76. The second-order valence-corrected chi connectivity index (χ2v) is 5.75. The summed E-state index contributed by atoms with van der Waals surface area (Å²) in [6, 6.07) is 4.63. The summed E-state index contributed by atoms with van der Waals surface area (Å²) in [5.74, 6) is -0.123. The summed E-state index contributed by atoms with van der Waals surface area (Å²) in [5.41, 5.74) is 6.55. The third-order valence-electron chi connectivity index (χ3n) is 3.08. The highest BCUT2D eigenvalue weighted by molar-refractivity contribution is 6.35. The van der Waals surface area contributed by atoms with Crippen LogP contribution in [-0.4, -0.2) is 25.6 Å². The quantitative estimate of drug-likeness (QED) is 0.847. The van der Waals surface area contributed by atoms with E-state index in [2.05, 4.69) is 5.32 Å². The highest BCUT2D eigenvalue weighted by atomic mass is 35.5. The van der Waals surface area contributed by atoms with Gasteiger partial charge in [0.1, 0.15) is 6.10 Å². The van der Waals surface area contributed by atoms with Crippen LogP contribution in [0.25, 0.3) is 0 Å². The van der Waals surface area contributed by atoms with Gasteiger partial charge in [0, 0.05) is 29.3 Å². The molecule has 2 unspecified atom stereocenters. The van der Waals surface area contributed by atoms with E-state index in [1.165, 1.54) is 0 Å². The number of benzene rings is 1. The van der Waals surface area contributed by atoms with E-state index < -0.39 is 6.04 Å². The van der Waals surface area contributed by atoms with Gasteiger partial charge in [0.2, 0.25) is 5.91 Å². The molecule has 1 amide bonds. The molecule has 0 spiro atoms. The lowest BCUT2D eigenvalue weighted by Crippen LogP contribution is -2.45. The Morgan fingerprint density at radius 3 is 2.55 bits per heavy atom. The summed E-state index contributed by atoms with van der Waals surface area (Å²) >= 11 is 12.0. The molecule has 112 valence electrons. The molecule has 0 aliphatic carbocycles. The van der Waals surface area contributed by atoms with Gasteiger partial charge in [-0.2, -0.15) is 0 Å². The Morgan fingerprint density at radius 2 is 2.05 bits per heavy atom. The van der Waals surface area contributed by atoms with E-state index in [-0.39, 0.29) is 17.9 Å². The Balaban J connectivity index is 2.71. The van der Waals surface area contributed by atoms with Crippen molar-refractivity contribution in [1.82, 2.24) is 5.32 Å². The first-order valence-electron chi connectivity index (χ1n) is 6.37. The summed E-state index contributed by atoms with van der Waals surface area (Å²) in [6.45, 7) is 4.10. The molecule has 6 heteroatoms. The molecular weight excluding hydrogens is 299 g/mol. The lowest BCUT2D eigenvalue weighted by Gasteiger charge is -2.20. The van der Waals surface area contributed by atoms with Gasteiger partial charge in [-0.15, -0.1) is 0 Å². The number of halogens is 2. The van der Waals surface area contributed by atoms with Crippen LogP contribution in [0.1, 0.15) is 25.5 Å². The number of nitrogens with one attached hydrogen (secondary N) is 1. The third kappa shape index (κ3) is 4.63. The Labute approximate surface area is 129 Å². The van der Waals surface area contributed by atoms with Gasteiger partial charge in [0.05, 0.1) is 6.04 Å². The lowest BCUT2D eigenvalue weighted by atomic mass is 10.0. The number of amides is 1. The molecule has 1 aromatic rings. The van der Waals surface area contributed by atoms with Crippen LogP contribution < -0.4 is 11.1 Å². The largest absolute Gasteiger partial charge is 0.375 e. The van der Waals surface area contributed by atoms with Crippen molar-refractivity contribution in [2.75, 3.05) is 13.7 Å². The van der Waals surface area contributed by atoms with Gasteiger partial charge in [-0.1, -0.05) is 43.1 Å². The molecule has 4 nitrogen and oxygen atoms in total. The van der Waals surface area contributed by atoms with E-state index in [9.17, 15) is 4.79 Å². The van der Waals surface area contributed by atoms with Crippen molar-refractivity contribution in [2.45, 2.75) is 26.0 Å². The number of carbonyl (C=O) groups is 1. The first-order chi connectivity index (χ1) is 9.36. The first kappa shape index (κ1) is 17.2. The molecule has 20 heavy (non-hydrogen) atoms. The monoisotopic (exact) mass is 318 g/mol. The fourth-order valence-corrected chi connectivity index (χ4v) is 2.23. The van der Waals surface area contributed by atoms with Crippen LogP contribution in [0.3, 0.4) is 0 Å². The number of methoxy groups -OCH3 is 1. The number of nitrogens with two attached hydrogens (primary N) is 1. The molecular formula is C14H20Cl2N2O2. The SMILES string of the molecule is COC(CNC(=O)C(N)C(C)C)c1ccc(Cl)cc1Cl. The van der Waals surface area contributed by atoms with Crippen LogP contribution in [-0.2, 0) is 9.53 Å². The van der Waals surface area contributed by atoms with Gasteiger partial charge in [-0.25, -0.2) is 0 Å².